The summed E-state index contributed by atoms with van der Waals surface area (Å²) in [6.07, 6.45) is 2.58. The van der Waals surface area contributed by atoms with Crippen LogP contribution in [0.4, 0.5) is 11.4 Å². The fraction of sp³-hybridized carbons (Fsp3) is 0.385. The smallest absolute Gasteiger partial charge is 0.266 e. The standard InChI is InChI=1S/C26H30ClN3O2/c1-6-30-24-14-23(27)18(13-22(24)17(3)15-26(30,4)5)12-19(16-28)25(31)29-20-8-10-21(11-9-20)32-7-2/h8-14,17H,6-7,15H2,1-5H3,(H,29,31)/b19-12+. The first-order valence-corrected chi connectivity index (χ1v) is 11.3. The van der Waals surface area contributed by atoms with Gasteiger partial charge in [0.25, 0.3) is 5.91 Å². The topological polar surface area (TPSA) is 65.4 Å². The monoisotopic (exact) mass is 451 g/mol. The number of rotatable bonds is 6. The van der Waals surface area contributed by atoms with Gasteiger partial charge in [-0.1, -0.05) is 18.5 Å². The number of anilines is 2. The number of benzene rings is 2. The van der Waals surface area contributed by atoms with Crippen molar-refractivity contribution in [2.75, 3.05) is 23.4 Å². The van der Waals surface area contributed by atoms with Crippen molar-refractivity contribution < 1.29 is 9.53 Å². The Kier molecular flexibility index (Phi) is 7.16. The second kappa shape index (κ2) is 9.67. The van der Waals surface area contributed by atoms with E-state index < -0.39 is 5.91 Å². The van der Waals surface area contributed by atoms with E-state index in [2.05, 4.69) is 37.9 Å². The van der Waals surface area contributed by atoms with Crippen molar-refractivity contribution in [2.45, 2.75) is 52.5 Å². The van der Waals surface area contributed by atoms with Crippen LogP contribution >= 0.6 is 11.6 Å². The van der Waals surface area contributed by atoms with Gasteiger partial charge in [0.15, 0.2) is 0 Å². The van der Waals surface area contributed by atoms with E-state index in [0.717, 1.165) is 24.4 Å². The first-order valence-electron chi connectivity index (χ1n) is 11.0. The lowest BCUT2D eigenvalue weighted by Crippen LogP contribution is -2.48. The molecular weight excluding hydrogens is 422 g/mol. The van der Waals surface area contributed by atoms with Gasteiger partial charge in [-0.25, -0.2) is 0 Å². The van der Waals surface area contributed by atoms with E-state index in [1.165, 1.54) is 5.56 Å². The maximum absolute atomic E-state index is 12.7. The zero-order valence-corrected chi connectivity index (χ0v) is 20.1. The van der Waals surface area contributed by atoms with E-state index in [0.29, 0.717) is 28.8 Å². The van der Waals surface area contributed by atoms with Crippen LogP contribution in [0.2, 0.25) is 5.02 Å². The molecule has 168 valence electrons. The second-order valence-corrected chi connectivity index (χ2v) is 9.08. The molecule has 3 rings (SSSR count). The highest BCUT2D eigenvalue weighted by molar-refractivity contribution is 6.32. The largest absolute Gasteiger partial charge is 0.494 e. The van der Waals surface area contributed by atoms with Crippen LogP contribution in [0.15, 0.2) is 42.0 Å². The maximum Gasteiger partial charge on any atom is 0.266 e. The van der Waals surface area contributed by atoms with E-state index in [9.17, 15) is 10.1 Å². The van der Waals surface area contributed by atoms with E-state index in [4.69, 9.17) is 16.3 Å². The zero-order chi connectivity index (χ0) is 23.5. The molecule has 0 fully saturated rings. The zero-order valence-electron chi connectivity index (χ0n) is 19.3. The highest BCUT2D eigenvalue weighted by Gasteiger charge is 2.35. The van der Waals surface area contributed by atoms with Crippen molar-refractivity contribution in [1.29, 1.82) is 5.26 Å². The molecule has 0 aliphatic carbocycles. The summed E-state index contributed by atoms with van der Waals surface area (Å²) in [7, 11) is 0. The van der Waals surface area contributed by atoms with Crippen LogP contribution in [0.5, 0.6) is 5.75 Å². The van der Waals surface area contributed by atoms with Crippen LogP contribution in [0, 0.1) is 11.3 Å². The molecule has 1 N–H and O–H groups in total. The van der Waals surface area contributed by atoms with Gasteiger partial charge in [0.1, 0.15) is 17.4 Å². The summed E-state index contributed by atoms with van der Waals surface area (Å²) in [5.74, 6) is 0.589. The minimum atomic E-state index is -0.477. The predicted octanol–water partition coefficient (Wildman–Crippen LogP) is 6.40. The lowest BCUT2D eigenvalue weighted by Gasteiger charge is -2.47. The Morgan fingerprint density at radius 1 is 1.31 bits per heavy atom. The molecule has 1 aliphatic heterocycles. The highest BCUT2D eigenvalue weighted by atomic mass is 35.5. The van der Waals surface area contributed by atoms with E-state index in [1.807, 2.05) is 25.1 Å². The highest BCUT2D eigenvalue weighted by Crippen LogP contribution is 2.45. The summed E-state index contributed by atoms with van der Waals surface area (Å²) >= 11 is 6.61. The number of hydrogen-bond acceptors (Lipinski definition) is 4. The first-order chi connectivity index (χ1) is 15.2. The molecule has 2 aromatic rings. The van der Waals surface area contributed by atoms with Crippen LogP contribution in [0.3, 0.4) is 0 Å². The molecule has 0 saturated heterocycles. The van der Waals surface area contributed by atoms with Gasteiger partial charge < -0.3 is 15.0 Å². The van der Waals surface area contributed by atoms with Gasteiger partial charge in [-0.2, -0.15) is 5.26 Å². The fourth-order valence-corrected chi connectivity index (χ4v) is 4.75. The molecule has 5 nitrogen and oxygen atoms in total. The minimum absolute atomic E-state index is 0.00289. The number of amides is 1. The summed E-state index contributed by atoms with van der Waals surface area (Å²) in [6.45, 7) is 12.2. The molecule has 1 amide bonds. The van der Waals surface area contributed by atoms with Crippen LogP contribution in [0.25, 0.3) is 6.08 Å². The Hall–Kier alpha value is -2.97. The van der Waals surface area contributed by atoms with Gasteiger partial charge in [0.05, 0.1) is 6.61 Å². The minimum Gasteiger partial charge on any atom is -0.494 e. The van der Waals surface area contributed by atoms with Gasteiger partial charge in [0, 0.05) is 28.5 Å². The third-order valence-corrected chi connectivity index (χ3v) is 6.24. The fourth-order valence-electron chi connectivity index (χ4n) is 4.53. The van der Waals surface area contributed by atoms with Crippen LogP contribution < -0.4 is 15.0 Å². The van der Waals surface area contributed by atoms with Gasteiger partial charge in [-0.05, 0) is 93.6 Å². The van der Waals surface area contributed by atoms with E-state index in [-0.39, 0.29) is 11.1 Å². The number of nitrogens with zero attached hydrogens (tertiary/aromatic N) is 2. The number of carbonyl (C=O) groups excluding carboxylic acids is 1. The molecule has 0 aromatic heterocycles. The molecule has 1 heterocycles. The number of nitriles is 1. The SMILES string of the molecule is CCOc1ccc(NC(=O)/C(C#N)=C/c2cc3c(cc2Cl)N(CC)C(C)(C)CC3C)cc1. The number of halogens is 1. The summed E-state index contributed by atoms with van der Waals surface area (Å²) in [5, 5.41) is 12.9. The Labute approximate surface area is 195 Å². The van der Waals surface area contributed by atoms with Crippen molar-refractivity contribution in [3.05, 3.63) is 58.1 Å². The van der Waals surface area contributed by atoms with Gasteiger partial charge in [-0.3, -0.25) is 4.79 Å². The molecule has 1 aliphatic rings. The lowest BCUT2D eigenvalue weighted by atomic mass is 9.79. The molecular formula is C26H30ClN3O2. The second-order valence-electron chi connectivity index (χ2n) is 8.68. The summed E-state index contributed by atoms with van der Waals surface area (Å²) < 4.78 is 5.41. The number of ether oxygens (including phenoxy) is 1. The molecule has 1 atom stereocenters. The molecule has 32 heavy (non-hydrogen) atoms. The lowest BCUT2D eigenvalue weighted by molar-refractivity contribution is -0.112. The summed E-state index contributed by atoms with van der Waals surface area (Å²) in [6, 6.07) is 13.0. The Morgan fingerprint density at radius 3 is 2.59 bits per heavy atom. The third-order valence-electron chi connectivity index (χ3n) is 5.91. The average molecular weight is 452 g/mol. The Morgan fingerprint density at radius 2 is 2.00 bits per heavy atom. The molecule has 2 aromatic carbocycles. The van der Waals surface area contributed by atoms with Crippen molar-refractivity contribution in [2.24, 2.45) is 0 Å². The Balaban J connectivity index is 1.90. The molecule has 0 radical (unpaired) electrons. The van der Waals surface area contributed by atoms with Crippen molar-refractivity contribution in [1.82, 2.24) is 0 Å². The average Bonchev–Trinajstić information content (AvgIpc) is 2.73. The number of fused-ring (bicyclic) bond motifs is 1. The molecule has 0 bridgehead atoms. The Bertz CT molecular complexity index is 1070. The van der Waals surface area contributed by atoms with E-state index >= 15 is 0 Å². The normalized spacial score (nSPS) is 17.3. The van der Waals surface area contributed by atoms with Crippen LogP contribution in [-0.4, -0.2) is 24.6 Å². The van der Waals surface area contributed by atoms with Crippen molar-refractivity contribution >= 4 is 35.0 Å². The third kappa shape index (κ3) is 4.92. The number of carbonyl (C=O) groups is 1. The van der Waals surface area contributed by atoms with Crippen molar-refractivity contribution in [3.63, 3.8) is 0 Å². The quantitative estimate of drug-likeness (QED) is 0.407. The van der Waals surface area contributed by atoms with Gasteiger partial charge in [-0.15, -0.1) is 0 Å². The van der Waals surface area contributed by atoms with Gasteiger partial charge >= 0.3 is 0 Å². The van der Waals surface area contributed by atoms with Crippen LogP contribution in [0.1, 0.15) is 58.1 Å². The van der Waals surface area contributed by atoms with Crippen LogP contribution in [-0.2, 0) is 4.79 Å². The van der Waals surface area contributed by atoms with Gasteiger partial charge in [0.2, 0.25) is 0 Å². The molecule has 6 heteroatoms. The molecule has 0 spiro atoms. The first kappa shape index (κ1) is 23.7. The summed E-state index contributed by atoms with van der Waals surface area (Å²) in [4.78, 5) is 15.1. The molecule has 1 unspecified atom stereocenters. The maximum atomic E-state index is 12.7. The van der Waals surface area contributed by atoms with E-state index in [1.54, 1.807) is 30.3 Å². The van der Waals surface area contributed by atoms with Crippen molar-refractivity contribution in [3.8, 4) is 11.8 Å². The predicted molar refractivity (Wildman–Crippen MR) is 131 cm³/mol. The molecule has 0 saturated carbocycles. The summed E-state index contributed by atoms with van der Waals surface area (Å²) in [5.41, 5.74) is 3.60. The number of nitrogens with one attached hydrogen (secondary N) is 1. The number of hydrogen-bond donors (Lipinski definition) is 1.